The van der Waals surface area contributed by atoms with Crippen molar-refractivity contribution in [1.82, 2.24) is 0 Å². The highest BCUT2D eigenvalue weighted by molar-refractivity contribution is 5.68. The standard InChI is InChI=1S/C42H64N2/c1-3-5-7-9-11-13-15-17-19-21-24-37-28-32-39(33-29-37)43-41-26-23-27-42(36-41)44-40-34-30-38(31-35-40)25-22-20-18-16-14-12-10-8-6-4-2/h23,26-36,43-44H,3-22,24-25H2,1-2H3. The SMILES string of the molecule is CCCCCCCCCCCCc1ccc(Nc2cccc(Nc3ccc(CCCCCCCCCCCC)cc3)c2)cc1. The summed E-state index contributed by atoms with van der Waals surface area (Å²) in [6, 6.07) is 26.6. The second kappa shape index (κ2) is 23.6. The Labute approximate surface area is 271 Å². The molecule has 0 heterocycles. The van der Waals surface area contributed by atoms with Gasteiger partial charge < -0.3 is 10.6 Å². The average Bonchev–Trinajstić information content (AvgIpc) is 3.04. The lowest BCUT2D eigenvalue weighted by Crippen LogP contribution is -1.95. The summed E-state index contributed by atoms with van der Waals surface area (Å²) in [6.07, 6.45) is 30.2. The molecule has 0 aliphatic rings. The van der Waals surface area contributed by atoms with Crippen molar-refractivity contribution in [3.05, 3.63) is 83.9 Å². The maximum atomic E-state index is 3.59. The lowest BCUT2D eigenvalue weighted by atomic mass is 10.0. The van der Waals surface area contributed by atoms with Crippen molar-refractivity contribution in [2.24, 2.45) is 0 Å². The zero-order valence-corrected chi connectivity index (χ0v) is 28.5. The van der Waals surface area contributed by atoms with Crippen LogP contribution in [-0.4, -0.2) is 0 Å². The smallest absolute Gasteiger partial charge is 0.0405 e. The van der Waals surface area contributed by atoms with E-state index in [1.54, 1.807) is 0 Å². The van der Waals surface area contributed by atoms with Crippen molar-refractivity contribution in [3.63, 3.8) is 0 Å². The lowest BCUT2D eigenvalue weighted by molar-refractivity contribution is 0.556. The largest absolute Gasteiger partial charge is 0.355 e. The summed E-state index contributed by atoms with van der Waals surface area (Å²) in [7, 11) is 0. The van der Waals surface area contributed by atoms with Gasteiger partial charge in [0.1, 0.15) is 0 Å². The summed E-state index contributed by atoms with van der Waals surface area (Å²) in [5, 5.41) is 7.18. The van der Waals surface area contributed by atoms with Gasteiger partial charge >= 0.3 is 0 Å². The van der Waals surface area contributed by atoms with Crippen molar-refractivity contribution in [3.8, 4) is 0 Å². The number of aryl methyl sites for hydroxylation is 2. The van der Waals surface area contributed by atoms with Gasteiger partial charge in [0.25, 0.3) is 0 Å². The van der Waals surface area contributed by atoms with E-state index in [4.69, 9.17) is 0 Å². The Morgan fingerprint density at radius 3 is 1.00 bits per heavy atom. The first-order valence-corrected chi connectivity index (χ1v) is 18.6. The highest BCUT2D eigenvalue weighted by Crippen LogP contribution is 2.24. The van der Waals surface area contributed by atoms with E-state index in [9.17, 15) is 0 Å². The maximum absolute atomic E-state index is 3.59. The highest BCUT2D eigenvalue weighted by Gasteiger charge is 2.02. The van der Waals surface area contributed by atoms with Gasteiger partial charge in [-0.3, -0.25) is 0 Å². The van der Waals surface area contributed by atoms with E-state index in [1.165, 1.54) is 152 Å². The first-order chi connectivity index (χ1) is 21.8. The lowest BCUT2D eigenvalue weighted by Gasteiger charge is -2.12. The molecule has 44 heavy (non-hydrogen) atoms. The van der Waals surface area contributed by atoms with Gasteiger partial charge in [0.2, 0.25) is 0 Å². The quantitative estimate of drug-likeness (QED) is 0.0901. The number of benzene rings is 3. The molecule has 2 nitrogen and oxygen atoms in total. The van der Waals surface area contributed by atoms with Crippen LogP contribution >= 0.6 is 0 Å². The Balaban J connectivity index is 1.29. The van der Waals surface area contributed by atoms with E-state index in [1.807, 2.05) is 0 Å². The molecule has 2 N–H and O–H groups in total. The second-order valence-corrected chi connectivity index (χ2v) is 13.1. The molecule has 3 aromatic carbocycles. The van der Waals surface area contributed by atoms with E-state index < -0.39 is 0 Å². The van der Waals surface area contributed by atoms with E-state index in [0.717, 1.165) is 22.7 Å². The third-order valence-electron chi connectivity index (χ3n) is 8.99. The van der Waals surface area contributed by atoms with Crippen molar-refractivity contribution in [2.45, 2.75) is 155 Å². The summed E-state index contributed by atoms with van der Waals surface area (Å²) < 4.78 is 0. The van der Waals surface area contributed by atoms with Crippen molar-refractivity contribution in [2.75, 3.05) is 10.6 Å². The maximum Gasteiger partial charge on any atom is 0.0405 e. The Morgan fingerprint density at radius 2 is 0.659 bits per heavy atom. The number of nitrogens with one attached hydrogen (secondary N) is 2. The minimum absolute atomic E-state index is 1.11. The molecule has 3 rings (SSSR count). The number of anilines is 4. The Hall–Kier alpha value is -2.74. The molecule has 0 bridgehead atoms. The molecule has 0 amide bonds. The van der Waals surface area contributed by atoms with Gasteiger partial charge in [0.05, 0.1) is 0 Å². The number of unbranched alkanes of at least 4 members (excludes halogenated alkanes) is 18. The first kappa shape index (κ1) is 35.7. The van der Waals surface area contributed by atoms with Gasteiger partial charge in [-0.2, -0.15) is 0 Å². The minimum Gasteiger partial charge on any atom is -0.355 e. The van der Waals surface area contributed by atoms with Crippen LogP contribution < -0.4 is 10.6 Å². The third-order valence-corrected chi connectivity index (χ3v) is 8.99. The first-order valence-electron chi connectivity index (χ1n) is 18.6. The van der Waals surface area contributed by atoms with Gasteiger partial charge in [-0.15, -0.1) is 0 Å². The zero-order valence-electron chi connectivity index (χ0n) is 28.5. The van der Waals surface area contributed by atoms with Gasteiger partial charge in [0, 0.05) is 22.7 Å². The van der Waals surface area contributed by atoms with Gasteiger partial charge in [-0.05, 0) is 79.3 Å². The average molecular weight is 597 g/mol. The predicted octanol–water partition coefficient (Wildman–Crippen LogP) is 14.1. The van der Waals surface area contributed by atoms with Crippen LogP contribution in [0.15, 0.2) is 72.8 Å². The molecule has 0 radical (unpaired) electrons. The fraction of sp³-hybridized carbons (Fsp3) is 0.571. The summed E-state index contributed by atoms with van der Waals surface area (Å²) in [5.74, 6) is 0. The summed E-state index contributed by atoms with van der Waals surface area (Å²) in [5.41, 5.74) is 7.39. The topological polar surface area (TPSA) is 24.1 Å². The Bertz CT molecular complexity index is 1000. The van der Waals surface area contributed by atoms with E-state index in [2.05, 4.69) is 97.3 Å². The van der Waals surface area contributed by atoms with Crippen LogP contribution in [0.25, 0.3) is 0 Å². The molecule has 0 atom stereocenters. The predicted molar refractivity (Wildman–Crippen MR) is 197 cm³/mol. The molecular weight excluding hydrogens is 532 g/mol. The molecule has 0 unspecified atom stereocenters. The molecule has 0 aromatic heterocycles. The van der Waals surface area contributed by atoms with Crippen LogP contribution in [0.5, 0.6) is 0 Å². The molecule has 0 saturated heterocycles. The molecular formula is C42H64N2. The van der Waals surface area contributed by atoms with Crippen LogP contribution in [0.3, 0.4) is 0 Å². The molecule has 0 saturated carbocycles. The number of hydrogen-bond acceptors (Lipinski definition) is 2. The number of hydrogen-bond donors (Lipinski definition) is 2. The van der Waals surface area contributed by atoms with Gasteiger partial charge in [0.15, 0.2) is 0 Å². The second-order valence-electron chi connectivity index (χ2n) is 13.1. The summed E-state index contributed by atoms with van der Waals surface area (Å²) in [6.45, 7) is 4.58. The van der Waals surface area contributed by atoms with E-state index in [-0.39, 0.29) is 0 Å². The zero-order chi connectivity index (χ0) is 30.9. The molecule has 242 valence electrons. The van der Waals surface area contributed by atoms with Crippen LogP contribution in [0.2, 0.25) is 0 Å². The van der Waals surface area contributed by atoms with Crippen LogP contribution in [0.4, 0.5) is 22.7 Å². The molecule has 0 fully saturated rings. The minimum atomic E-state index is 1.11. The van der Waals surface area contributed by atoms with Crippen molar-refractivity contribution in [1.29, 1.82) is 0 Å². The van der Waals surface area contributed by atoms with E-state index >= 15 is 0 Å². The fourth-order valence-electron chi connectivity index (χ4n) is 6.15. The fourth-order valence-corrected chi connectivity index (χ4v) is 6.15. The Kier molecular flexibility index (Phi) is 19.2. The Morgan fingerprint density at radius 1 is 0.341 bits per heavy atom. The molecule has 0 aliphatic carbocycles. The third kappa shape index (κ3) is 16.4. The summed E-state index contributed by atoms with van der Waals surface area (Å²) >= 11 is 0. The van der Waals surface area contributed by atoms with Gasteiger partial charge in [-0.1, -0.05) is 160 Å². The molecule has 3 aromatic rings. The highest BCUT2D eigenvalue weighted by atomic mass is 14.9. The molecule has 0 aliphatic heterocycles. The molecule has 2 heteroatoms. The molecule has 0 spiro atoms. The van der Waals surface area contributed by atoms with Crippen LogP contribution in [0, 0.1) is 0 Å². The number of rotatable bonds is 26. The summed E-state index contributed by atoms with van der Waals surface area (Å²) in [4.78, 5) is 0. The van der Waals surface area contributed by atoms with Gasteiger partial charge in [-0.25, -0.2) is 0 Å². The van der Waals surface area contributed by atoms with Crippen LogP contribution in [-0.2, 0) is 12.8 Å². The normalized spacial score (nSPS) is 11.1. The van der Waals surface area contributed by atoms with Crippen molar-refractivity contribution < 1.29 is 0 Å². The van der Waals surface area contributed by atoms with E-state index in [0.29, 0.717) is 0 Å². The van der Waals surface area contributed by atoms with Crippen LogP contribution in [0.1, 0.15) is 153 Å². The monoisotopic (exact) mass is 597 g/mol. The van der Waals surface area contributed by atoms with Crippen molar-refractivity contribution >= 4 is 22.7 Å².